The van der Waals surface area contributed by atoms with Gasteiger partial charge < -0.3 is 10.1 Å². The van der Waals surface area contributed by atoms with Crippen LogP contribution in [0.25, 0.3) is 0 Å². The lowest BCUT2D eigenvalue weighted by atomic mass is 10.2. The minimum atomic E-state index is -3.25. The Labute approximate surface area is 146 Å². The van der Waals surface area contributed by atoms with Crippen LogP contribution in [-0.4, -0.2) is 37.5 Å². The van der Waals surface area contributed by atoms with Crippen LogP contribution in [0, 0.1) is 6.92 Å². The predicted molar refractivity (Wildman–Crippen MR) is 95.5 cm³/mol. The minimum Gasteiger partial charge on any atom is -0.480 e. The summed E-state index contributed by atoms with van der Waals surface area (Å²) >= 11 is 3.39. The van der Waals surface area contributed by atoms with Gasteiger partial charge in [0.25, 0.3) is 5.91 Å². The highest BCUT2D eigenvalue weighted by atomic mass is 79.9. The van der Waals surface area contributed by atoms with E-state index in [0.717, 1.165) is 10.0 Å². The Hall–Kier alpha value is -1.08. The molecule has 0 spiro atoms. The highest BCUT2D eigenvalue weighted by Crippen LogP contribution is 2.26. The molecule has 5 nitrogen and oxygen atoms in total. The van der Waals surface area contributed by atoms with Crippen molar-refractivity contribution in [3.8, 4) is 5.75 Å². The maximum atomic E-state index is 12.0. The Kier molecular flexibility index (Phi) is 6.65. The van der Waals surface area contributed by atoms with Crippen molar-refractivity contribution >= 4 is 31.7 Å². The molecule has 0 aliphatic heterocycles. The fraction of sp³-hybridized carbons (Fsp3) is 0.562. The molecule has 0 aromatic heterocycles. The molecule has 1 aromatic rings. The van der Waals surface area contributed by atoms with Crippen LogP contribution in [0.3, 0.4) is 0 Å². The average Bonchev–Trinajstić information content (AvgIpc) is 2.40. The number of carbonyl (C=O) groups is 1. The average molecular weight is 406 g/mol. The molecule has 7 heteroatoms. The number of nitrogens with one attached hydrogen (secondary N) is 1. The number of ether oxygens (including phenoxy) is 1. The first-order chi connectivity index (χ1) is 10.4. The first kappa shape index (κ1) is 20.0. The fourth-order valence-corrected chi connectivity index (χ4v) is 3.27. The zero-order chi connectivity index (χ0) is 17.8. The highest BCUT2D eigenvalue weighted by molar-refractivity contribution is 9.10. The number of rotatable bonds is 6. The van der Waals surface area contributed by atoms with Crippen molar-refractivity contribution < 1.29 is 17.9 Å². The van der Waals surface area contributed by atoms with Crippen LogP contribution in [0.4, 0.5) is 0 Å². The van der Waals surface area contributed by atoms with E-state index >= 15 is 0 Å². The summed E-state index contributed by atoms with van der Waals surface area (Å²) < 4.78 is 29.5. The van der Waals surface area contributed by atoms with E-state index < -0.39 is 20.7 Å². The lowest BCUT2D eigenvalue weighted by molar-refractivity contribution is -0.127. The van der Waals surface area contributed by atoms with Gasteiger partial charge in [-0.25, -0.2) is 8.42 Å². The third-order valence-electron chi connectivity index (χ3n) is 3.36. The van der Waals surface area contributed by atoms with E-state index in [1.807, 2.05) is 19.1 Å². The monoisotopic (exact) mass is 405 g/mol. The number of halogens is 1. The van der Waals surface area contributed by atoms with Gasteiger partial charge >= 0.3 is 0 Å². The lowest BCUT2D eigenvalue weighted by Crippen LogP contribution is -2.41. The topological polar surface area (TPSA) is 72.5 Å². The number of sulfone groups is 1. The van der Waals surface area contributed by atoms with E-state index in [1.54, 1.807) is 33.8 Å². The van der Waals surface area contributed by atoms with Gasteiger partial charge in [0.2, 0.25) is 0 Å². The summed E-state index contributed by atoms with van der Waals surface area (Å²) in [6.45, 7) is 8.59. The van der Waals surface area contributed by atoms with Gasteiger partial charge in [-0.2, -0.15) is 0 Å². The molecule has 0 fully saturated rings. The summed E-state index contributed by atoms with van der Waals surface area (Å²) in [6.07, 6.45) is -0.716. The van der Waals surface area contributed by atoms with E-state index in [1.165, 1.54) is 0 Å². The normalized spacial score (nSPS) is 13.5. The van der Waals surface area contributed by atoms with Gasteiger partial charge in [-0.3, -0.25) is 4.79 Å². The Morgan fingerprint density at radius 2 is 1.96 bits per heavy atom. The Balaban J connectivity index is 2.55. The third kappa shape index (κ3) is 5.80. The number of carbonyl (C=O) groups excluding carboxylic acids is 1. The number of amides is 1. The quantitative estimate of drug-likeness (QED) is 0.789. The Bertz CT molecular complexity index is 665. The first-order valence-electron chi connectivity index (χ1n) is 7.37. The van der Waals surface area contributed by atoms with E-state index in [9.17, 15) is 13.2 Å². The standard InChI is InChI=1S/C16H24BrNO4S/c1-11-6-7-14(13(17)10-11)22-12(2)15(19)18-8-9-23(20,21)16(3,4)5/h6-7,10,12H,8-9H2,1-5H3,(H,18,19). The van der Waals surface area contributed by atoms with Gasteiger partial charge in [0.15, 0.2) is 15.9 Å². The van der Waals surface area contributed by atoms with Gasteiger partial charge in [0.05, 0.1) is 15.0 Å². The minimum absolute atomic E-state index is 0.0706. The zero-order valence-electron chi connectivity index (χ0n) is 14.1. The number of hydrogen-bond donors (Lipinski definition) is 1. The van der Waals surface area contributed by atoms with Gasteiger partial charge in [-0.05, 0) is 68.2 Å². The van der Waals surface area contributed by atoms with E-state index in [0.29, 0.717) is 5.75 Å². The predicted octanol–water partition coefficient (Wildman–Crippen LogP) is 2.85. The molecule has 0 radical (unpaired) electrons. The largest absolute Gasteiger partial charge is 0.480 e. The molecule has 1 unspecified atom stereocenters. The summed E-state index contributed by atoms with van der Waals surface area (Å²) in [5.74, 6) is 0.130. The molecule has 1 rings (SSSR count). The molecule has 1 aromatic carbocycles. The summed E-state index contributed by atoms with van der Waals surface area (Å²) in [5.41, 5.74) is 1.08. The van der Waals surface area contributed by atoms with Crippen molar-refractivity contribution in [1.29, 1.82) is 0 Å². The molecule has 0 aliphatic rings. The van der Waals surface area contributed by atoms with Crippen molar-refractivity contribution in [3.05, 3.63) is 28.2 Å². The van der Waals surface area contributed by atoms with E-state index in [4.69, 9.17) is 4.74 Å². The maximum absolute atomic E-state index is 12.0. The first-order valence-corrected chi connectivity index (χ1v) is 9.81. The summed E-state index contributed by atoms with van der Waals surface area (Å²) in [5, 5.41) is 2.60. The molecule has 1 amide bonds. The van der Waals surface area contributed by atoms with Crippen molar-refractivity contribution in [2.45, 2.75) is 45.5 Å². The van der Waals surface area contributed by atoms with Crippen molar-refractivity contribution in [2.75, 3.05) is 12.3 Å². The molecule has 130 valence electrons. The number of hydrogen-bond acceptors (Lipinski definition) is 4. The number of aryl methyl sites for hydroxylation is 1. The van der Waals surface area contributed by atoms with Gasteiger partial charge in [-0.15, -0.1) is 0 Å². The van der Waals surface area contributed by atoms with Crippen LogP contribution in [0.1, 0.15) is 33.3 Å². The molecule has 0 saturated carbocycles. The second kappa shape index (κ2) is 7.66. The van der Waals surface area contributed by atoms with E-state index in [-0.39, 0.29) is 18.2 Å². The van der Waals surface area contributed by atoms with Crippen LogP contribution >= 0.6 is 15.9 Å². The van der Waals surface area contributed by atoms with Crippen LogP contribution in [0.2, 0.25) is 0 Å². The molecule has 0 heterocycles. The van der Waals surface area contributed by atoms with Gasteiger partial charge in [0.1, 0.15) is 5.75 Å². The molecule has 1 N–H and O–H groups in total. The lowest BCUT2D eigenvalue weighted by Gasteiger charge is -2.20. The second-order valence-corrected chi connectivity index (χ2v) is 10.1. The second-order valence-electron chi connectivity index (χ2n) is 6.42. The third-order valence-corrected chi connectivity index (χ3v) is 6.59. The number of benzene rings is 1. The fourth-order valence-electron chi connectivity index (χ4n) is 1.70. The molecule has 0 saturated heterocycles. The Morgan fingerprint density at radius 3 is 2.48 bits per heavy atom. The highest BCUT2D eigenvalue weighted by Gasteiger charge is 2.28. The smallest absolute Gasteiger partial charge is 0.260 e. The van der Waals surface area contributed by atoms with Crippen molar-refractivity contribution in [1.82, 2.24) is 5.32 Å². The Morgan fingerprint density at radius 1 is 1.35 bits per heavy atom. The van der Waals surface area contributed by atoms with Gasteiger partial charge in [0, 0.05) is 6.54 Å². The summed E-state index contributed by atoms with van der Waals surface area (Å²) in [7, 11) is -3.25. The van der Waals surface area contributed by atoms with Crippen LogP contribution in [0.5, 0.6) is 5.75 Å². The molecule has 23 heavy (non-hydrogen) atoms. The maximum Gasteiger partial charge on any atom is 0.260 e. The van der Waals surface area contributed by atoms with Gasteiger partial charge in [-0.1, -0.05) is 6.07 Å². The molecular formula is C16H24BrNO4S. The van der Waals surface area contributed by atoms with Crippen LogP contribution < -0.4 is 10.1 Å². The molecule has 1 atom stereocenters. The van der Waals surface area contributed by atoms with Crippen LogP contribution in [-0.2, 0) is 14.6 Å². The summed E-state index contributed by atoms with van der Waals surface area (Å²) in [6, 6.07) is 5.57. The van der Waals surface area contributed by atoms with E-state index in [2.05, 4.69) is 21.2 Å². The molecular weight excluding hydrogens is 382 g/mol. The SMILES string of the molecule is Cc1ccc(OC(C)C(=O)NCCS(=O)(=O)C(C)(C)C)c(Br)c1. The molecule has 0 bridgehead atoms. The van der Waals surface area contributed by atoms with Crippen LogP contribution in [0.15, 0.2) is 22.7 Å². The van der Waals surface area contributed by atoms with Crippen molar-refractivity contribution in [3.63, 3.8) is 0 Å². The van der Waals surface area contributed by atoms with Crippen molar-refractivity contribution in [2.24, 2.45) is 0 Å². The zero-order valence-corrected chi connectivity index (χ0v) is 16.5. The molecule has 0 aliphatic carbocycles. The summed E-state index contributed by atoms with van der Waals surface area (Å²) in [4.78, 5) is 12.0.